The number of hydrogen-bond acceptors (Lipinski definition) is 3. The van der Waals surface area contributed by atoms with Crippen LogP contribution in [0.3, 0.4) is 0 Å². The minimum absolute atomic E-state index is 0.0153. The molecule has 0 atom stereocenters. The van der Waals surface area contributed by atoms with Crippen LogP contribution < -0.4 is 10.1 Å². The first kappa shape index (κ1) is 14.1. The fourth-order valence-corrected chi connectivity index (χ4v) is 1.87. The minimum Gasteiger partial charge on any atom is -0.483 e. The lowest BCUT2D eigenvalue weighted by Crippen LogP contribution is -2.20. The monoisotopic (exact) mass is 270 g/mol. The second-order valence-electron chi connectivity index (χ2n) is 4.77. The van der Waals surface area contributed by atoms with Crippen LogP contribution in [0.15, 0.2) is 48.8 Å². The van der Waals surface area contributed by atoms with Crippen LogP contribution in [0.2, 0.25) is 0 Å². The second-order valence-corrected chi connectivity index (χ2v) is 4.77. The van der Waals surface area contributed by atoms with Crippen molar-refractivity contribution >= 4 is 11.6 Å². The molecule has 0 spiro atoms. The Bertz CT molecular complexity index is 568. The van der Waals surface area contributed by atoms with Gasteiger partial charge in [0.05, 0.1) is 11.9 Å². The molecule has 0 aliphatic carbocycles. The van der Waals surface area contributed by atoms with Crippen molar-refractivity contribution in [3.05, 3.63) is 54.4 Å². The number of amides is 1. The number of carbonyl (C=O) groups is 1. The van der Waals surface area contributed by atoms with E-state index < -0.39 is 0 Å². The number of anilines is 1. The van der Waals surface area contributed by atoms with Gasteiger partial charge in [-0.25, -0.2) is 0 Å². The Hall–Kier alpha value is -2.36. The minimum atomic E-state index is -0.198. The van der Waals surface area contributed by atoms with Crippen molar-refractivity contribution in [2.75, 3.05) is 11.9 Å². The SMILES string of the molecule is CC(C)c1ccccc1OCC(=O)Nc1cccnc1. The number of rotatable bonds is 5. The predicted molar refractivity (Wildman–Crippen MR) is 78.9 cm³/mol. The molecule has 0 fully saturated rings. The lowest BCUT2D eigenvalue weighted by molar-refractivity contribution is -0.118. The van der Waals surface area contributed by atoms with Gasteiger partial charge in [-0.05, 0) is 29.7 Å². The smallest absolute Gasteiger partial charge is 0.262 e. The molecule has 1 N–H and O–H groups in total. The van der Waals surface area contributed by atoms with E-state index in [-0.39, 0.29) is 12.5 Å². The van der Waals surface area contributed by atoms with Crippen molar-refractivity contribution in [2.45, 2.75) is 19.8 Å². The quantitative estimate of drug-likeness (QED) is 0.907. The van der Waals surface area contributed by atoms with Gasteiger partial charge >= 0.3 is 0 Å². The van der Waals surface area contributed by atoms with Crippen LogP contribution in [0.5, 0.6) is 5.75 Å². The summed E-state index contributed by atoms with van der Waals surface area (Å²) in [5, 5.41) is 2.73. The van der Waals surface area contributed by atoms with Gasteiger partial charge in [-0.2, -0.15) is 0 Å². The molecule has 4 heteroatoms. The predicted octanol–water partition coefficient (Wildman–Crippen LogP) is 3.22. The summed E-state index contributed by atoms with van der Waals surface area (Å²) in [6.07, 6.45) is 3.25. The standard InChI is InChI=1S/C16H18N2O2/c1-12(2)14-7-3-4-8-15(14)20-11-16(19)18-13-6-5-9-17-10-13/h3-10,12H,11H2,1-2H3,(H,18,19). The highest BCUT2D eigenvalue weighted by Gasteiger charge is 2.09. The number of pyridine rings is 1. The van der Waals surface area contributed by atoms with Gasteiger partial charge in [0.2, 0.25) is 0 Å². The molecule has 2 aromatic rings. The van der Waals surface area contributed by atoms with Crippen LogP contribution in [0.4, 0.5) is 5.69 Å². The highest BCUT2D eigenvalue weighted by molar-refractivity contribution is 5.91. The molecule has 0 aliphatic rings. The fourth-order valence-electron chi connectivity index (χ4n) is 1.87. The lowest BCUT2D eigenvalue weighted by Gasteiger charge is -2.13. The van der Waals surface area contributed by atoms with E-state index in [4.69, 9.17) is 4.74 Å². The van der Waals surface area contributed by atoms with Crippen molar-refractivity contribution in [3.8, 4) is 5.75 Å². The molecule has 1 heterocycles. The normalized spacial score (nSPS) is 10.3. The third kappa shape index (κ3) is 3.82. The van der Waals surface area contributed by atoms with Crippen LogP contribution in [0.25, 0.3) is 0 Å². The average molecular weight is 270 g/mol. The maximum absolute atomic E-state index is 11.8. The van der Waals surface area contributed by atoms with Gasteiger partial charge in [-0.1, -0.05) is 32.0 Å². The Morgan fingerprint density at radius 2 is 2.05 bits per heavy atom. The molecular formula is C16H18N2O2. The van der Waals surface area contributed by atoms with Gasteiger partial charge in [-0.3, -0.25) is 9.78 Å². The van der Waals surface area contributed by atoms with Crippen molar-refractivity contribution in [3.63, 3.8) is 0 Å². The third-order valence-corrected chi connectivity index (χ3v) is 2.85. The first-order chi connectivity index (χ1) is 9.66. The zero-order chi connectivity index (χ0) is 14.4. The van der Waals surface area contributed by atoms with E-state index in [9.17, 15) is 4.79 Å². The number of nitrogens with zero attached hydrogens (tertiary/aromatic N) is 1. The molecule has 0 saturated heterocycles. The van der Waals surface area contributed by atoms with E-state index in [0.29, 0.717) is 11.6 Å². The zero-order valence-corrected chi connectivity index (χ0v) is 11.7. The molecule has 0 aliphatic heterocycles. The molecule has 1 amide bonds. The Balaban J connectivity index is 1.94. The van der Waals surface area contributed by atoms with Gasteiger partial charge in [0.25, 0.3) is 5.91 Å². The van der Waals surface area contributed by atoms with Gasteiger partial charge in [0, 0.05) is 6.20 Å². The molecule has 0 unspecified atom stereocenters. The first-order valence-corrected chi connectivity index (χ1v) is 6.58. The van der Waals surface area contributed by atoms with E-state index in [1.807, 2.05) is 24.3 Å². The number of benzene rings is 1. The molecule has 0 saturated carbocycles. The number of para-hydroxylation sites is 1. The molecule has 1 aromatic heterocycles. The average Bonchev–Trinajstić information content (AvgIpc) is 2.46. The Morgan fingerprint density at radius 1 is 1.25 bits per heavy atom. The number of nitrogens with one attached hydrogen (secondary N) is 1. The molecule has 1 aromatic carbocycles. The van der Waals surface area contributed by atoms with Crippen molar-refractivity contribution in [1.29, 1.82) is 0 Å². The van der Waals surface area contributed by atoms with Crippen LogP contribution in [-0.4, -0.2) is 17.5 Å². The summed E-state index contributed by atoms with van der Waals surface area (Å²) >= 11 is 0. The van der Waals surface area contributed by atoms with E-state index in [2.05, 4.69) is 24.1 Å². The summed E-state index contributed by atoms with van der Waals surface area (Å²) in [4.78, 5) is 15.7. The molecular weight excluding hydrogens is 252 g/mol. The summed E-state index contributed by atoms with van der Waals surface area (Å²) in [5.41, 5.74) is 1.76. The highest BCUT2D eigenvalue weighted by atomic mass is 16.5. The lowest BCUT2D eigenvalue weighted by atomic mass is 10.0. The van der Waals surface area contributed by atoms with Crippen LogP contribution >= 0.6 is 0 Å². The van der Waals surface area contributed by atoms with E-state index >= 15 is 0 Å². The van der Waals surface area contributed by atoms with Gasteiger partial charge in [-0.15, -0.1) is 0 Å². The topological polar surface area (TPSA) is 51.2 Å². The van der Waals surface area contributed by atoms with Gasteiger partial charge < -0.3 is 10.1 Å². The summed E-state index contributed by atoms with van der Waals surface area (Å²) in [7, 11) is 0. The summed E-state index contributed by atoms with van der Waals surface area (Å²) in [6, 6.07) is 11.3. The molecule has 0 radical (unpaired) electrons. The van der Waals surface area contributed by atoms with Crippen molar-refractivity contribution in [2.24, 2.45) is 0 Å². The Kier molecular flexibility index (Phi) is 4.71. The zero-order valence-electron chi connectivity index (χ0n) is 11.7. The van der Waals surface area contributed by atoms with Gasteiger partial charge in [0.15, 0.2) is 6.61 Å². The summed E-state index contributed by atoms with van der Waals surface area (Å²) in [6.45, 7) is 4.18. The van der Waals surface area contributed by atoms with E-state index in [1.54, 1.807) is 24.5 Å². The Morgan fingerprint density at radius 3 is 2.75 bits per heavy atom. The maximum Gasteiger partial charge on any atom is 0.262 e. The van der Waals surface area contributed by atoms with Gasteiger partial charge in [0.1, 0.15) is 5.75 Å². The number of ether oxygens (including phenoxy) is 1. The number of aromatic nitrogens is 1. The Labute approximate surface area is 118 Å². The van der Waals surface area contributed by atoms with Crippen LogP contribution in [0.1, 0.15) is 25.3 Å². The van der Waals surface area contributed by atoms with Crippen molar-refractivity contribution < 1.29 is 9.53 Å². The number of carbonyl (C=O) groups excluding carboxylic acids is 1. The third-order valence-electron chi connectivity index (χ3n) is 2.85. The largest absolute Gasteiger partial charge is 0.483 e. The van der Waals surface area contributed by atoms with Crippen LogP contribution in [-0.2, 0) is 4.79 Å². The van der Waals surface area contributed by atoms with Crippen LogP contribution in [0, 0.1) is 0 Å². The fraction of sp³-hybridized carbons (Fsp3) is 0.250. The highest BCUT2D eigenvalue weighted by Crippen LogP contribution is 2.25. The molecule has 2 rings (SSSR count). The van der Waals surface area contributed by atoms with E-state index in [1.165, 1.54) is 0 Å². The summed E-state index contributed by atoms with van der Waals surface area (Å²) in [5.74, 6) is 0.910. The second kappa shape index (κ2) is 6.70. The van der Waals surface area contributed by atoms with Crippen molar-refractivity contribution in [1.82, 2.24) is 4.98 Å². The van der Waals surface area contributed by atoms with E-state index in [0.717, 1.165) is 11.3 Å². The first-order valence-electron chi connectivity index (χ1n) is 6.58. The maximum atomic E-state index is 11.8. The molecule has 0 bridgehead atoms. The molecule has 20 heavy (non-hydrogen) atoms. The summed E-state index contributed by atoms with van der Waals surface area (Å²) < 4.78 is 5.60. The molecule has 104 valence electrons. The number of hydrogen-bond donors (Lipinski definition) is 1. The molecule has 4 nitrogen and oxygen atoms in total.